The molecule has 0 aliphatic heterocycles. The molecular weight excluding hydrogens is 298 g/mol. The van der Waals surface area contributed by atoms with E-state index in [1.54, 1.807) is 13.8 Å². The Hall–Kier alpha value is -1.95. The number of nitrogens with zero attached hydrogens (tertiary/aromatic N) is 2. The molecule has 1 aromatic carbocycles. The minimum atomic E-state index is -0.608. The van der Waals surface area contributed by atoms with Gasteiger partial charge in [0.1, 0.15) is 11.6 Å². The molecule has 0 saturated carbocycles. The molecule has 2 aromatic rings. The van der Waals surface area contributed by atoms with Crippen LogP contribution in [0, 0.1) is 13.8 Å². The molecule has 0 saturated heterocycles. The molecule has 0 fully saturated rings. The summed E-state index contributed by atoms with van der Waals surface area (Å²) in [5.74, 6) is 1.50. The van der Waals surface area contributed by atoms with Crippen molar-refractivity contribution in [3.8, 4) is 5.75 Å². The normalized spacial score (nSPS) is 12.3. The van der Waals surface area contributed by atoms with E-state index in [4.69, 9.17) is 4.74 Å². The van der Waals surface area contributed by atoms with Gasteiger partial charge in [0.15, 0.2) is 6.10 Å². The lowest BCUT2D eigenvalue weighted by Gasteiger charge is -2.18. The highest BCUT2D eigenvalue weighted by Gasteiger charge is 2.19. The molecule has 1 amide bonds. The molecule has 118 valence electrons. The molecular formula is C16H21N3O2S. The molecule has 0 bridgehead atoms. The summed E-state index contributed by atoms with van der Waals surface area (Å²) in [4.78, 5) is 16.3. The van der Waals surface area contributed by atoms with Crippen LogP contribution in [0.15, 0.2) is 18.2 Å². The lowest BCUT2D eigenvalue weighted by atomic mass is 10.0. The van der Waals surface area contributed by atoms with E-state index in [-0.39, 0.29) is 5.91 Å². The molecule has 6 heteroatoms. The van der Waals surface area contributed by atoms with Crippen molar-refractivity contribution in [2.45, 2.75) is 46.6 Å². The average molecular weight is 319 g/mol. The van der Waals surface area contributed by atoms with Crippen LogP contribution < -0.4 is 10.1 Å². The van der Waals surface area contributed by atoms with Crippen molar-refractivity contribution in [1.82, 2.24) is 9.36 Å². The quantitative estimate of drug-likeness (QED) is 0.913. The number of benzene rings is 1. The Morgan fingerprint density at radius 2 is 2.00 bits per heavy atom. The van der Waals surface area contributed by atoms with E-state index in [1.165, 1.54) is 0 Å². The second-order valence-corrected chi connectivity index (χ2v) is 6.34. The van der Waals surface area contributed by atoms with Crippen LogP contribution in [0.2, 0.25) is 0 Å². The highest BCUT2D eigenvalue weighted by Crippen LogP contribution is 2.28. The molecule has 0 aliphatic rings. The van der Waals surface area contributed by atoms with Gasteiger partial charge in [0.2, 0.25) is 5.13 Å². The van der Waals surface area contributed by atoms with Gasteiger partial charge in [0.25, 0.3) is 5.91 Å². The summed E-state index contributed by atoms with van der Waals surface area (Å²) in [6.07, 6.45) is -0.608. The zero-order chi connectivity index (χ0) is 16.3. The maximum absolute atomic E-state index is 12.2. The Morgan fingerprint density at radius 3 is 2.59 bits per heavy atom. The van der Waals surface area contributed by atoms with Gasteiger partial charge >= 0.3 is 0 Å². The Kier molecular flexibility index (Phi) is 5.13. The Bertz CT molecular complexity index is 667. The van der Waals surface area contributed by atoms with E-state index in [0.717, 1.165) is 28.4 Å². The maximum Gasteiger partial charge on any atom is 0.266 e. The number of anilines is 1. The number of aromatic nitrogens is 2. The number of carbonyl (C=O) groups is 1. The predicted octanol–water partition coefficient (Wildman–Crippen LogP) is 3.68. The van der Waals surface area contributed by atoms with Gasteiger partial charge in [-0.1, -0.05) is 26.0 Å². The van der Waals surface area contributed by atoms with Crippen LogP contribution >= 0.6 is 11.5 Å². The minimum absolute atomic E-state index is 0.229. The smallest absolute Gasteiger partial charge is 0.266 e. The van der Waals surface area contributed by atoms with Crippen LogP contribution in [-0.4, -0.2) is 21.4 Å². The lowest BCUT2D eigenvalue weighted by Crippen LogP contribution is -2.30. The standard InChI is InChI=1S/C16H21N3O2S/c1-9(2)13-7-6-10(3)8-14(13)21-11(4)15(20)18-16-17-12(5)19-22-16/h6-9,11H,1-5H3,(H,17,18,19,20)/t11-/m0/s1. The monoisotopic (exact) mass is 319 g/mol. The van der Waals surface area contributed by atoms with Crippen LogP contribution in [0.5, 0.6) is 5.75 Å². The van der Waals surface area contributed by atoms with Crippen LogP contribution in [0.3, 0.4) is 0 Å². The van der Waals surface area contributed by atoms with Gasteiger partial charge < -0.3 is 4.74 Å². The first-order chi connectivity index (χ1) is 10.4. The molecule has 0 radical (unpaired) electrons. The first kappa shape index (κ1) is 16.4. The van der Waals surface area contributed by atoms with Crippen molar-refractivity contribution in [2.24, 2.45) is 0 Å². The van der Waals surface area contributed by atoms with Gasteiger partial charge in [-0.15, -0.1) is 0 Å². The van der Waals surface area contributed by atoms with Crippen molar-refractivity contribution < 1.29 is 9.53 Å². The van der Waals surface area contributed by atoms with E-state index < -0.39 is 6.10 Å². The fraction of sp³-hybridized carbons (Fsp3) is 0.438. The van der Waals surface area contributed by atoms with Crippen LogP contribution in [0.1, 0.15) is 43.6 Å². The predicted molar refractivity (Wildman–Crippen MR) is 88.6 cm³/mol. The first-order valence-corrected chi connectivity index (χ1v) is 8.02. The SMILES string of the molecule is Cc1ccc(C(C)C)c(O[C@@H](C)C(=O)Nc2nc(C)ns2)c1. The molecule has 0 spiro atoms. The molecule has 5 nitrogen and oxygen atoms in total. The highest BCUT2D eigenvalue weighted by atomic mass is 32.1. The molecule has 1 heterocycles. The number of nitrogens with one attached hydrogen (secondary N) is 1. The molecule has 0 aliphatic carbocycles. The third-order valence-corrected chi connectivity index (χ3v) is 3.94. The molecule has 1 atom stereocenters. The first-order valence-electron chi connectivity index (χ1n) is 7.25. The summed E-state index contributed by atoms with van der Waals surface area (Å²) >= 11 is 1.16. The summed E-state index contributed by atoms with van der Waals surface area (Å²) in [5, 5.41) is 3.22. The fourth-order valence-electron chi connectivity index (χ4n) is 2.02. The fourth-order valence-corrected chi connectivity index (χ4v) is 2.60. The van der Waals surface area contributed by atoms with E-state index in [0.29, 0.717) is 16.9 Å². The third-order valence-electron chi connectivity index (χ3n) is 3.22. The number of hydrogen-bond acceptors (Lipinski definition) is 5. The lowest BCUT2D eigenvalue weighted by molar-refractivity contribution is -0.122. The Labute approximate surface area is 134 Å². The topological polar surface area (TPSA) is 64.1 Å². The van der Waals surface area contributed by atoms with Crippen molar-refractivity contribution in [3.63, 3.8) is 0 Å². The van der Waals surface area contributed by atoms with Gasteiger partial charge in [0.05, 0.1) is 0 Å². The van der Waals surface area contributed by atoms with Crippen molar-refractivity contribution >= 4 is 22.6 Å². The Morgan fingerprint density at radius 1 is 1.27 bits per heavy atom. The zero-order valence-electron chi connectivity index (χ0n) is 13.5. The summed E-state index contributed by atoms with van der Waals surface area (Å²) in [5.41, 5.74) is 2.20. The van der Waals surface area contributed by atoms with Crippen molar-refractivity contribution in [1.29, 1.82) is 0 Å². The number of carbonyl (C=O) groups excluding carboxylic acids is 1. The molecule has 2 rings (SSSR count). The second-order valence-electron chi connectivity index (χ2n) is 5.59. The van der Waals surface area contributed by atoms with Gasteiger partial charge in [0, 0.05) is 11.5 Å². The summed E-state index contributed by atoms with van der Waals surface area (Å²) in [6.45, 7) is 9.73. The number of ether oxygens (including phenoxy) is 1. The van der Waals surface area contributed by atoms with Crippen molar-refractivity contribution in [3.05, 3.63) is 35.2 Å². The summed E-state index contributed by atoms with van der Waals surface area (Å²) in [7, 11) is 0. The van der Waals surface area contributed by atoms with Gasteiger partial charge in [-0.25, -0.2) is 4.98 Å². The van der Waals surface area contributed by atoms with Crippen LogP contribution in [0.4, 0.5) is 5.13 Å². The summed E-state index contributed by atoms with van der Waals surface area (Å²) in [6, 6.07) is 6.07. The maximum atomic E-state index is 12.2. The van der Waals surface area contributed by atoms with E-state index in [2.05, 4.69) is 34.6 Å². The van der Waals surface area contributed by atoms with E-state index in [9.17, 15) is 4.79 Å². The highest BCUT2D eigenvalue weighted by molar-refractivity contribution is 7.09. The number of amides is 1. The minimum Gasteiger partial charge on any atom is -0.481 e. The number of rotatable bonds is 5. The van der Waals surface area contributed by atoms with Gasteiger partial charge in [-0.2, -0.15) is 4.37 Å². The number of hydrogen-bond donors (Lipinski definition) is 1. The zero-order valence-corrected chi connectivity index (χ0v) is 14.3. The van der Waals surface area contributed by atoms with Gasteiger partial charge in [-0.3, -0.25) is 10.1 Å². The van der Waals surface area contributed by atoms with E-state index in [1.807, 2.05) is 19.1 Å². The second kappa shape index (κ2) is 6.87. The Balaban J connectivity index is 2.09. The van der Waals surface area contributed by atoms with Crippen LogP contribution in [0.25, 0.3) is 0 Å². The molecule has 1 aromatic heterocycles. The van der Waals surface area contributed by atoms with Gasteiger partial charge in [-0.05, 0) is 43.9 Å². The van der Waals surface area contributed by atoms with E-state index >= 15 is 0 Å². The number of aryl methyl sites for hydroxylation is 2. The third kappa shape index (κ3) is 4.04. The average Bonchev–Trinajstić information content (AvgIpc) is 2.83. The van der Waals surface area contributed by atoms with Crippen molar-refractivity contribution in [2.75, 3.05) is 5.32 Å². The summed E-state index contributed by atoms with van der Waals surface area (Å²) < 4.78 is 9.91. The largest absolute Gasteiger partial charge is 0.481 e. The molecule has 1 N–H and O–H groups in total. The molecule has 0 unspecified atom stereocenters. The van der Waals surface area contributed by atoms with Crippen LogP contribution in [-0.2, 0) is 4.79 Å². The molecule has 22 heavy (non-hydrogen) atoms.